The zero-order valence-electron chi connectivity index (χ0n) is 20.1. The van der Waals surface area contributed by atoms with Gasteiger partial charge in [-0.05, 0) is 47.7 Å². The van der Waals surface area contributed by atoms with Crippen LogP contribution in [0.4, 0.5) is 11.5 Å². The average Bonchev–Trinajstić information content (AvgIpc) is 3.39. The molecule has 0 bridgehead atoms. The third kappa shape index (κ3) is 6.24. The van der Waals surface area contributed by atoms with Crippen molar-refractivity contribution in [2.45, 2.75) is 31.4 Å². The van der Waals surface area contributed by atoms with E-state index in [0.717, 1.165) is 36.3 Å². The number of aromatic nitrogens is 1. The van der Waals surface area contributed by atoms with E-state index in [1.807, 2.05) is 66.7 Å². The Balaban J connectivity index is 1.42. The van der Waals surface area contributed by atoms with E-state index >= 15 is 0 Å². The molecule has 4 rings (SSSR count). The number of carbonyl (C=O) groups excluding carboxylic acids is 1. The third-order valence-corrected chi connectivity index (χ3v) is 6.47. The van der Waals surface area contributed by atoms with Gasteiger partial charge in [0.15, 0.2) is 0 Å². The fourth-order valence-electron chi connectivity index (χ4n) is 4.31. The van der Waals surface area contributed by atoms with E-state index in [9.17, 15) is 4.79 Å². The van der Waals surface area contributed by atoms with Gasteiger partial charge in [-0.15, -0.1) is 0 Å². The van der Waals surface area contributed by atoms with Crippen LogP contribution >= 0.6 is 0 Å². The van der Waals surface area contributed by atoms with Crippen LogP contribution in [0.25, 0.3) is 0 Å². The van der Waals surface area contributed by atoms with Crippen LogP contribution in [0.15, 0.2) is 72.9 Å². The second-order valence-corrected chi connectivity index (χ2v) is 8.87. The number of nitrogens with zero attached hydrogens (tertiary/aromatic N) is 3. The molecule has 1 fully saturated rings. The Morgan fingerprint density at radius 2 is 1.91 bits per heavy atom. The van der Waals surface area contributed by atoms with Crippen molar-refractivity contribution in [1.29, 1.82) is 5.26 Å². The Morgan fingerprint density at radius 1 is 1.14 bits per heavy atom. The van der Waals surface area contributed by atoms with Gasteiger partial charge in [0, 0.05) is 26.7 Å². The highest BCUT2D eigenvalue weighted by Gasteiger charge is 2.24. The monoisotopic (exact) mass is 469 g/mol. The molecule has 2 heterocycles. The SMILES string of the molecule is CO[C@H]1CCN(c2ccc(NC(=O)C(NC[C@@H](C)c3ccc(C#N)cc3)c3ccccc3)nc2)C1. The van der Waals surface area contributed by atoms with E-state index in [1.165, 1.54) is 0 Å². The van der Waals surface area contributed by atoms with Crippen molar-refractivity contribution >= 4 is 17.4 Å². The summed E-state index contributed by atoms with van der Waals surface area (Å²) >= 11 is 0. The molecule has 0 saturated carbocycles. The number of hydrogen-bond donors (Lipinski definition) is 2. The van der Waals surface area contributed by atoms with Gasteiger partial charge in [-0.3, -0.25) is 4.79 Å². The largest absolute Gasteiger partial charge is 0.380 e. The number of hydrogen-bond acceptors (Lipinski definition) is 6. The smallest absolute Gasteiger partial charge is 0.247 e. The summed E-state index contributed by atoms with van der Waals surface area (Å²) < 4.78 is 5.45. The number of methoxy groups -OCH3 is 1. The summed E-state index contributed by atoms with van der Waals surface area (Å²) in [5, 5.41) is 15.4. The minimum Gasteiger partial charge on any atom is -0.380 e. The van der Waals surface area contributed by atoms with Gasteiger partial charge in [0.25, 0.3) is 0 Å². The highest BCUT2D eigenvalue weighted by Crippen LogP contribution is 2.23. The van der Waals surface area contributed by atoms with Crippen LogP contribution in [0.3, 0.4) is 0 Å². The highest BCUT2D eigenvalue weighted by atomic mass is 16.5. The number of nitriles is 1. The molecule has 1 aliphatic heterocycles. The number of anilines is 2. The van der Waals surface area contributed by atoms with Crippen molar-refractivity contribution in [3.05, 3.63) is 89.6 Å². The van der Waals surface area contributed by atoms with Crippen molar-refractivity contribution in [1.82, 2.24) is 10.3 Å². The Labute approximate surface area is 206 Å². The molecule has 1 aliphatic rings. The Morgan fingerprint density at radius 3 is 2.54 bits per heavy atom. The van der Waals surface area contributed by atoms with Gasteiger partial charge >= 0.3 is 0 Å². The van der Waals surface area contributed by atoms with Crippen LogP contribution in [0.5, 0.6) is 0 Å². The lowest BCUT2D eigenvalue weighted by atomic mass is 9.98. The van der Waals surface area contributed by atoms with Gasteiger partial charge in [-0.1, -0.05) is 49.4 Å². The molecule has 2 N–H and O–H groups in total. The molecular weight excluding hydrogens is 438 g/mol. The van der Waals surface area contributed by atoms with E-state index in [4.69, 9.17) is 10.00 Å². The molecule has 3 aromatic rings. The number of ether oxygens (including phenoxy) is 1. The maximum Gasteiger partial charge on any atom is 0.247 e. The van der Waals surface area contributed by atoms with Crippen LogP contribution in [-0.2, 0) is 9.53 Å². The van der Waals surface area contributed by atoms with Gasteiger partial charge in [0.1, 0.15) is 11.9 Å². The molecule has 2 aromatic carbocycles. The number of nitrogens with one attached hydrogen (secondary N) is 2. The first-order valence-electron chi connectivity index (χ1n) is 11.9. The van der Waals surface area contributed by atoms with Crippen LogP contribution < -0.4 is 15.5 Å². The molecule has 3 atom stereocenters. The summed E-state index contributed by atoms with van der Waals surface area (Å²) in [6.45, 7) is 4.48. The standard InChI is InChI=1S/C28H31N5O2/c1-20(22-10-8-21(16-29)9-11-22)17-31-27(23-6-4-3-5-7-23)28(34)32-26-13-12-24(18-30-26)33-15-14-25(19-33)35-2/h3-13,18,20,25,27,31H,14-15,17,19H2,1-2H3,(H,30,32,34)/t20-,25+,27?/m1/s1. The van der Waals surface area contributed by atoms with Gasteiger partial charge in [-0.2, -0.15) is 5.26 Å². The molecule has 1 amide bonds. The van der Waals surface area contributed by atoms with Crippen molar-refractivity contribution in [2.24, 2.45) is 0 Å². The second kappa shape index (κ2) is 11.6. The van der Waals surface area contributed by atoms with Crippen molar-refractivity contribution in [3.8, 4) is 6.07 Å². The number of rotatable bonds is 9. The van der Waals surface area contributed by atoms with E-state index in [2.05, 4.69) is 33.5 Å². The second-order valence-electron chi connectivity index (χ2n) is 8.87. The summed E-state index contributed by atoms with van der Waals surface area (Å²) in [5.41, 5.74) is 3.66. The van der Waals surface area contributed by atoms with Gasteiger partial charge in [0.05, 0.1) is 29.6 Å². The fraction of sp³-hybridized carbons (Fsp3) is 0.321. The normalized spacial score (nSPS) is 16.9. The first-order chi connectivity index (χ1) is 17.1. The molecule has 0 radical (unpaired) electrons. The summed E-state index contributed by atoms with van der Waals surface area (Å²) in [7, 11) is 1.74. The molecule has 0 aliphatic carbocycles. The maximum absolute atomic E-state index is 13.3. The topological polar surface area (TPSA) is 90.3 Å². The van der Waals surface area contributed by atoms with E-state index < -0.39 is 6.04 Å². The predicted molar refractivity (Wildman–Crippen MR) is 137 cm³/mol. The number of pyridine rings is 1. The molecule has 35 heavy (non-hydrogen) atoms. The highest BCUT2D eigenvalue weighted by molar-refractivity contribution is 5.94. The fourth-order valence-corrected chi connectivity index (χ4v) is 4.31. The molecule has 7 heteroatoms. The molecule has 1 aromatic heterocycles. The Kier molecular flexibility index (Phi) is 8.09. The lowest BCUT2D eigenvalue weighted by Crippen LogP contribution is -2.35. The lowest BCUT2D eigenvalue weighted by molar-refractivity contribution is -0.118. The third-order valence-electron chi connectivity index (χ3n) is 6.47. The van der Waals surface area contributed by atoms with Crippen LogP contribution in [0, 0.1) is 11.3 Å². The zero-order chi connectivity index (χ0) is 24.6. The summed E-state index contributed by atoms with van der Waals surface area (Å²) in [4.78, 5) is 20.0. The number of benzene rings is 2. The zero-order valence-corrected chi connectivity index (χ0v) is 20.1. The van der Waals surface area contributed by atoms with E-state index in [1.54, 1.807) is 13.3 Å². The first kappa shape index (κ1) is 24.4. The minimum atomic E-state index is -0.528. The molecular formula is C28H31N5O2. The number of amides is 1. The molecule has 0 spiro atoms. The van der Waals surface area contributed by atoms with Gasteiger partial charge in [0.2, 0.25) is 5.91 Å². The predicted octanol–water partition coefficient (Wildman–Crippen LogP) is 4.25. The van der Waals surface area contributed by atoms with E-state index in [0.29, 0.717) is 17.9 Å². The van der Waals surface area contributed by atoms with Gasteiger partial charge in [-0.25, -0.2) is 4.98 Å². The van der Waals surface area contributed by atoms with Crippen molar-refractivity contribution in [3.63, 3.8) is 0 Å². The van der Waals surface area contributed by atoms with Crippen molar-refractivity contribution < 1.29 is 9.53 Å². The van der Waals surface area contributed by atoms with Gasteiger partial charge < -0.3 is 20.3 Å². The molecule has 1 saturated heterocycles. The van der Waals surface area contributed by atoms with Crippen LogP contribution in [-0.4, -0.2) is 43.7 Å². The summed E-state index contributed by atoms with van der Waals surface area (Å²) in [6, 6.07) is 22.7. The lowest BCUT2D eigenvalue weighted by Gasteiger charge is -2.22. The summed E-state index contributed by atoms with van der Waals surface area (Å²) in [6.07, 6.45) is 3.05. The first-order valence-corrected chi connectivity index (χ1v) is 11.9. The molecule has 180 valence electrons. The maximum atomic E-state index is 13.3. The molecule has 1 unspecified atom stereocenters. The number of carbonyl (C=O) groups is 1. The quantitative estimate of drug-likeness (QED) is 0.487. The van der Waals surface area contributed by atoms with Crippen LogP contribution in [0.1, 0.15) is 42.0 Å². The van der Waals surface area contributed by atoms with E-state index in [-0.39, 0.29) is 17.9 Å². The average molecular weight is 470 g/mol. The van der Waals surface area contributed by atoms with Crippen LogP contribution in [0.2, 0.25) is 0 Å². The van der Waals surface area contributed by atoms with Crippen molar-refractivity contribution in [2.75, 3.05) is 37.0 Å². The molecule has 7 nitrogen and oxygen atoms in total. The minimum absolute atomic E-state index is 0.163. The Bertz CT molecular complexity index is 1140. The Hall–Kier alpha value is -3.73. The summed E-state index contributed by atoms with van der Waals surface area (Å²) in [5.74, 6) is 0.517.